The molecule has 0 unspecified atom stereocenters. The van der Waals surface area contributed by atoms with Crippen molar-refractivity contribution in [3.8, 4) is 11.5 Å². The summed E-state index contributed by atoms with van der Waals surface area (Å²) in [5.74, 6) is 1.75. The molecule has 0 spiro atoms. The fraction of sp³-hybridized carbons (Fsp3) is 0.286. The summed E-state index contributed by atoms with van der Waals surface area (Å²) in [5.41, 5.74) is 5.95. The van der Waals surface area contributed by atoms with E-state index >= 15 is 0 Å². The van der Waals surface area contributed by atoms with Crippen molar-refractivity contribution in [1.82, 2.24) is 4.90 Å². The van der Waals surface area contributed by atoms with Crippen LogP contribution in [0.5, 0.6) is 11.5 Å². The van der Waals surface area contributed by atoms with Crippen molar-refractivity contribution in [3.63, 3.8) is 0 Å². The molecule has 168 valence electrons. The topological polar surface area (TPSA) is 21.7 Å². The summed E-state index contributed by atoms with van der Waals surface area (Å²) < 4.78 is 11.3. The average Bonchev–Trinajstić information content (AvgIpc) is 2.81. The van der Waals surface area contributed by atoms with Crippen LogP contribution < -0.4 is 9.47 Å². The molecule has 0 aliphatic carbocycles. The third kappa shape index (κ3) is 6.38. The Hall–Kier alpha value is -2.75. The lowest BCUT2D eigenvalue weighted by atomic mass is 9.88. The number of hydrogen-bond acceptors (Lipinski definition) is 3. The van der Waals surface area contributed by atoms with Gasteiger partial charge in [0.15, 0.2) is 0 Å². The number of hydrogen-bond donors (Lipinski definition) is 0. The van der Waals surface area contributed by atoms with Gasteiger partial charge in [-0.3, -0.25) is 0 Å². The SMILES string of the molecule is CC/C(=C(/c1ccc(Cl)cc1)c1ccc(OCCCN(C)C)cc1)c1ccc(OC)cc1. The molecule has 0 heterocycles. The van der Waals surface area contributed by atoms with Crippen LogP contribution in [0.4, 0.5) is 0 Å². The van der Waals surface area contributed by atoms with Gasteiger partial charge in [-0.15, -0.1) is 0 Å². The number of allylic oxidation sites excluding steroid dienone is 1. The molecule has 0 aliphatic rings. The van der Waals surface area contributed by atoms with Crippen LogP contribution in [-0.4, -0.2) is 39.3 Å². The van der Waals surface area contributed by atoms with Crippen LogP contribution in [0.3, 0.4) is 0 Å². The molecule has 3 aromatic rings. The Morgan fingerprint density at radius 3 is 1.84 bits per heavy atom. The first-order chi connectivity index (χ1) is 15.5. The highest BCUT2D eigenvalue weighted by molar-refractivity contribution is 6.30. The fourth-order valence-corrected chi connectivity index (χ4v) is 3.86. The Labute approximate surface area is 197 Å². The Morgan fingerprint density at radius 2 is 1.31 bits per heavy atom. The van der Waals surface area contributed by atoms with Gasteiger partial charge in [0.05, 0.1) is 13.7 Å². The van der Waals surface area contributed by atoms with E-state index in [1.165, 1.54) is 16.7 Å². The minimum atomic E-state index is 0.712. The number of ether oxygens (including phenoxy) is 2. The summed E-state index contributed by atoms with van der Waals surface area (Å²) >= 11 is 6.18. The molecule has 0 atom stereocenters. The third-order valence-electron chi connectivity index (χ3n) is 5.39. The van der Waals surface area contributed by atoms with E-state index in [4.69, 9.17) is 21.1 Å². The molecule has 4 heteroatoms. The predicted octanol–water partition coefficient (Wildman–Crippen LogP) is 7.05. The fourth-order valence-electron chi connectivity index (χ4n) is 3.74. The number of nitrogens with zero attached hydrogens (tertiary/aromatic N) is 1. The molecule has 3 rings (SSSR count). The standard InChI is InChI=1S/C28H32ClNO2/c1-5-27(21-9-15-25(31-4)16-10-21)28(22-7-13-24(29)14-8-22)23-11-17-26(18-12-23)32-20-6-19-30(2)3/h7-18H,5-6,19-20H2,1-4H3/b28-27+. The monoisotopic (exact) mass is 449 g/mol. The lowest BCUT2D eigenvalue weighted by Crippen LogP contribution is -2.15. The van der Waals surface area contributed by atoms with Crippen LogP contribution in [0.25, 0.3) is 11.1 Å². The van der Waals surface area contributed by atoms with Gasteiger partial charge in [-0.05, 0) is 91.2 Å². The molecule has 0 saturated carbocycles. The molecule has 0 N–H and O–H groups in total. The summed E-state index contributed by atoms with van der Waals surface area (Å²) in [6.45, 7) is 3.92. The summed E-state index contributed by atoms with van der Waals surface area (Å²) in [7, 11) is 5.84. The van der Waals surface area contributed by atoms with Gasteiger partial charge < -0.3 is 14.4 Å². The van der Waals surface area contributed by atoms with E-state index in [-0.39, 0.29) is 0 Å². The van der Waals surface area contributed by atoms with Crippen molar-refractivity contribution < 1.29 is 9.47 Å². The molecule has 3 aromatic carbocycles. The Balaban J connectivity index is 1.97. The Bertz CT molecular complexity index is 1010. The van der Waals surface area contributed by atoms with Crippen LogP contribution in [-0.2, 0) is 0 Å². The first-order valence-corrected chi connectivity index (χ1v) is 11.4. The minimum Gasteiger partial charge on any atom is -0.497 e. The highest BCUT2D eigenvalue weighted by Gasteiger charge is 2.14. The Kier molecular flexibility index (Phi) is 8.78. The molecular formula is C28H32ClNO2. The maximum Gasteiger partial charge on any atom is 0.119 e. The third-order valence-corrected chi connectivity index (χ3v) is 5.64. The maximum atomic E-state index is 6.18. The molecule has 32 heavy (non-hydrogen) atoms. The van der Waals surface area contributed by atoms with Crippen LogP contribution in [0, 0.1) is 0 Å². The van der Waals surface area contributed by atoms with Gasteiger partial charge in [0.1, 0.15) is 11.5 Å². The lowest BCUT2D eigenvalue weighted by Gasteiger charge is -2.17. The van der Waals surface area contributed by atoms with Crippen molar-refractivity contribution >= 4 is 22.7 Å². The van der Waals surface area contributed by atoms with E-state index in [9.17, 15) is 0 Å². The Morgan fingerprint density at radius 1 is 0.781 bits per heavy atom. The quantitative estimate of drug-likeness (QED) is 0.244. The van der Waals surface area contributed by atoms with Crippen molar-refractivity contribution in [3.05, 3.63) is 94.5 Å². The van der Waals surface area contributed by atoms with E-state index < -0.39 is 0 Å². The first-order valence-electron chi connectivity index (χ1n) is 11.0. The highest BCUT2D eigenvalue weighted by Crippen LogP contribution is 2.36. The molecular weight excluding hydrogens is 418 g/mol. The zero-order valence-electron chi connectivity index (χ0n) is 19.4. The van der Waals surface area contributed by atoms with Crippen LogP contribution >= 0.6 is 11.6 Å². The smallest absolute Gasteiger partial charge is 0.119 e. The van der Waals surface area contributed by atoms with Crippen LogP contribution in [0.1, 0.15) is 36.5 Å². The molecule has 0 aromatic heterocycles. The average molecular weight is 450 g/mol. The van der Waals surface area contributed by atoms with Gasteiger partial charge in [-0.25, -0.2) is 0 Å². The highest BCUT2D eigenvalue weighted by atomic mass is 35.5. The predicted molar refractivity (Wildman–Crippen MR) is 136 cm³/mol. The summed E-state index contributed by atoms with van der Waals surface area (Å²) in [6.07, 6.45) is 1.90. The molecule has 3 nitrogen and oxygen atoms in total. The van der Waals surface area contributed by atoms with Crippen molar-refractivity contribution in [2.75, 3.05) is 34.4 Å². The molecule has 0 fully saturated rings. The second-order valence-electron chi connectivity index (χ2n) is 7.97. The second-order valence-corrected chi connectivity index (χ2v) is 8.41. The van der Waals surface area contributed by atoms with Crippen molar-refractivity contribution in [2.24, 2.45) is 0 Å². The van der Waals surface area contributed by atoms with Crippen molar-refractivity contribution in [1.29, 1.82) is 0 Å². The summed E-state index contributed by atoms with van der Waals surface area (Å²) in [4.78, 5) is 2.17. The van der Waals surface area contributed by atoms with Gasteiger partial charge in [0.25, 0.3) is 0 Å². The van der Waals surface area contributed by atoms with Gasteiger partial charge in [0, 0.05) is 11.6 Å². The number of methoxy groups -OCH3 is 1. The van der Waals surface area contributed by atoms with E-state index in [1.54, 1.807) is 7.11 Å². The maximum absolute atomic E-state index is 6.18. The minimum absolute atomic E-state index is 0.712. The second kappa shape index (κ2) is 11.8. The van der Waals surface area contributed by atoms with Gasteiger partial charge in [-0.2, -0.15) is 0 Å². The van der Waals surface area contributed by atoms with Crippen LogP contribution in [0.2, 0.25) is 5.02 Å². The van der Waals surface area contributed by atoms with E-state index in [0.29, 0.717) is 6.61 Å². The van der Waals surface area contributed by atoms with Gasteiger partial charge >= 0.3 is 0 Å². The van der Waals surface area contributed by atoms with Gasteiger partial charge in [-0.1, -0.05) is 54.9 Å². The van der Waals surface area contributed by atoms with E-state index in [2.05, 4.69) is 74.4 Å². The van der Waals surface area contributed by atoms with Gasteiger partial charge in [0.2, 0.25) is 0 Å². The summed E-state index contributed by atoms with van der Waals surface area (Å²) in [5, 5.41) is 0.733. The first kappa shape index (κ1) is 23.9. The number of benzene rings is 3. The number of halogens is 1. The van der Waals surface area contributed by atoms with Crippen LogP contribution in [0.15, 0.2) is 72.8 Å². The molecule has 0 amide bonds. The molecule has 0 saturated heterocycles. The lowest BCUT2D eigenvalue weighted by molar-refractivity contribution is 0.281. The zero-order valence-corrected chi connectivity index (χ0v) is 20.2. The normalized spacial score (nSPS) is 11.9. The van der Waals surface area contributed by atoms with E-state index in [1.807, 2.05) is 24.3 Å². The zero-order chi connectivity index (χ0) is 22.9. The molecule has 0 bridgehead atoms. The molecule has 0 aliphatic heterocycles. The number of rotatable bonds is 10. The van der Waals surface area contributed by atoms with Crippen molar-refractivity contribution in [2.45, 2.75) is 19.8 Å². The summed E-state index contributed by atoms with van der Waals surface area (Å²) in [6, 6.07) is 24.7. The molecule has 0 radical (unpaired) electrons. The van der Waals surface area contributed by atoms with E-state index in [0.717, 1.165) is 47.0 Å². The largest absolute Gasteiger partial charge is 0.497 e.